The summed E-state index contributed by atoms with van der Waals surface area (Å²) >= 11 is 0. The molecule has 0 fully saturated rings. The number of rotatable bonds is 3. The lowest BCUT2D eigenvalue weighted by molar-refractivity contribution is 0.0484. The minimum atomic E-state index is -3.97. The molecule has 1 rings (SSSR count). The SMILES string of the molecule is CC(C)(O)C(=O)c1ccccc1S(N)(=O)=O. The van der Waals surface area contributed by atoms with Gasteiger partial charge >= 0.3 is 0 Å². The Morgan fingerprint density at radius 1 is 1.31 bits per heavy atom. The van der Waals surface area contributed by atoms with Gasteiger partial charge in [-0.25, -0.2) is 13.6 Å². The average Bonchev–Trinajstić information content (AvgIpc) is 2.14. The molecule has 5 nitrogen and oxygen atoms in total. The van der Waals surface area contributed by atoms with Crippen LogP contribution in [0.3, 0.4) is 0 Å². The van der Waals surface area contributed by atoms with Gasteiger partial charge in [-0.2, -0.15) is 0 Å². The molecule has 0 atom stereocenters. The number of carbonyl (C=O) groups is 1. The number of Topliss-reactive ketones (excluding diaryl/α,β-unsaturated/α-hetero) is 1. The standard InChI is InChI=1S/C10H13NO4S/c1-10(2,13)9(12)7-5-3-4-6-8(7)16(11,14)15/h3-6,13H,1-2H3,(H2,11,14,15). The number of aliphatic hydroxyl groups is 1. The van der Waals surface area contributed by atoms with Crippen molar-refractivity contribution in [1.29, 1.82) is 0 Å². The second kappa shape index (κ2) is 3.97. The normalized spacial score (nSPS) is 12.5. The summed E-state index contributed by atoms with van der Waals surface area (Å²) in [5, 5.41) is 14.5. The predicted octanol–water partition coefficient (Wildman–Crippen LogP) is 0.288. The first-order chi connectivity index (χ1) is 7.14. The van der Waals surface area contributed by atoms with E-state index < -0.39 is 21.4 Å². The third-order valence-corrected chi connectivity index (χ3v) is 2.96. The van der Waals surface area contributed by atoms with Crippen LogP contribution in [0.1, 0.15) is 24.2 Å². The van der Waals surface area contributed by atoms with Crippen LogP contribution >= 0.6 is 0 Å². The summed E-state index contributed by atoms with van der Waals surface area (Å²) in [7, 11) is -3.97. The molecular weight excluding hydrogens is 230 g/mol. The summed E-state index contributed by atoms with van der Waals surface area (Å²) in [5.41, 5.74) is -1.74. The Morgan fingerprint density at radius 2 is 1.81 bits per heavy atom. The first-order valence-electron chi connectivity index (χ1n) is 4.53. The highest BCUT2D eigenvalue weighted by atomic mass is 32.2. The van der Waals surface area contributed by atoms with Gasteiger partial charge < -0.3 is 5.11 Å². The van der Waals surface area contributed by atoms with Crippen molar-refractivity contribution in [3.8, 4) is 0 Å². The van der Waals surface area contributed by atoms with E-state index >= 15 is 0 Å². The fourth-order valence-corrected chi connectivity index (χ4v) is 1.97. The highest BCUT2D eigenvalue weighted by Gasteiger charge is 2.29. The molecule has 0 spiro atoms. The Morgan fingerprint density at radius 3 is 2.25 bits per heavy atom. The molecule has 16 heavy (non-hydrogen) atoms. The smallest absolute Gasteiger partial charge is 0.238 e. The van der Waals surface area contributed by atoms with Crippen LogP contribution in [-0.2, 0) is 10.0 Å². The third-order valence-electron chi connectivity index (χ3n) is 1.99. The van der Waals surface area contributed by atoms with Crippen molar-refractivity contribution in [2.75, 3.05) is 0 Å². The Labute approximate surface area is 93.9 Å². The Bertz CT molecular complexity index is 514. The van der Waals surface area contributed by atoms with E-state index in [0.717, 1.165) is 0 Å². The van der Waals surface area contributed by atoms with E-state index in [1.54, 1.807) is 0 Å². The van der Waals surface area contributed by atoms with Crippen LogP contribution in [0.2, 0.25) is 0 Å². The zero-order valence-electron chi connectivity index (χ0n) is 8.97. The van der Waals surface area contributed by atoms with Crippen LogP contribution in [0.15, 0.2) is 29.2 Å². The zero-order chi connectivity index (χ0) is 12.6. The van der Waals surface area contributed by atoms with Gasteiger partial charge in [0.2, 0.25) is 10.0 Å². The van der Waals surface area contributed by atoms with Gasteiger partial charge in [0, 0.05) is 5.56 Å². The van der Waals surface area contributed by atoms with Crippen molar-refractivity contribution in [2.24, 2.45) is 5.14 Å². The Balaban J connectivity index is 3.42. The van der Waals surface area contributed by atoms with E-state index in [-0.39, 0.29) is 10.5 Å². The molecule has 0 aliphatic rings. The molecule has 0 heterocycles. The number of benzene rings is 1. The van der Waals surface area contributed by atoms with Gasteiger partial charge in [-0.1, -0.05) is 12.1 Å². The molecule has 0 aliphatic carbocycles. The summed E-state index contributed by atoms with van der Waals surface area (Å²) < 4.78 is 22.5. The summed E-state index contributed by atoms with van der Waals surface area (Å²) in [5.74, 6) is -0.683. The molecule has 0 radical (unpaired) electrons. The van der Waals surface area contributed by atoms with Crippen LogP contribution in [-0.4, -0.2) is 24.9 Å². The number of nitrogens with two attached hydrogens (primary N) is 1. The summed E-state index contributed by atoms with van der Waals surface area (Å²) in [6, 6.07) is 5.52. The Kier molecular flexibility index (Phi) is 3.18. The summed E-state index contributed by atoms with van der Waals surface area (Å²) in [4.78, 5) is 11.5. The molecule has 0 bridgehead atoms. The van der Waals surface area contributed by atoms with E-state index in [2.05, 4.69) is 0 Å². The molecule has 0 unspecified atom stereocenters. The topological polar surface area (TPSA) is 97.5 Å². The van der Waals surface area contributed by atoms with E-state index in [1.807, 2.05) is 0 Å². The number of hydrogen-bond acceptors (Lipinski definition) is 4. The highest BCUT2D eigenvalue weighted by molar-refractivity contribution is 7.89. The third kappa shape index (κ3) is 2.66. The quantitative estimate of drug-likeness (QED) is 0.745. The lowest BCUT2D eigenvalue weighted by Gasteiger charge is -2.17. The number of ketones is 1. The molecule has 0 saturated carbocycles. The lowest BCUT2D eigenvalue weighted by atomic mass is 9.97. The largest absolute Gasteiger partial charge is 0.382 e. The number of hydrogen-bond donors (Lipinski definition) is 2. The van der Waals surface area contributed by atoms with Gasteiger partial charge in [0.05, 0.1) is 4.90 Å². The molecular formula is C10H13NO4S. The van der Waals surface area contributed by atoms with Crippen molar-refractivity contribution < 1.29 is 18.3 Å². The van der Waals surface area contributed by atoms with Crippen LogP contribution in [0.25, 0.3) is 0 Å². The minimum absolute atomic E-state index is 0.0995. The fraction of sp³-hybridized carbons (Fsp3) is 0.300. The molecule has 1 aromatic rings. The lowest BCUT2D eigenvalue weighted by Crippen LogP contribution is -2.32. The molecule has 0 saturated heterocycles. The molecule has 0 amide bonds. The maximum Gasteiger partial charge on any atom is 0.238 e. The fourth-order valence-electron chi connectivity index (χ4n) is 1.23. The van der Waals surface area contributed by atoms with Crippen LogP contribution < -0.4 is 5.14 Å². The van der Waals surface area contributed by atoms with Crippen LogP contribution in [0, 0.1) is 0 Å². The van der Waals surface area contributed by atoms with Crippen LogP contribution in [0.5, 0.6) is 0 Å². The second-order valence-electron chi connectivity index (χ2n) is 3.93. The first kappa shape index (κ1) is 12.8. The van der Waals surface area contributed by atoms with Gasteiger partial charge in [0.15, 0.2) is 5.78 Å². The van der Waals surface area contributed by atoms with Gasteiger partial charge in [-0.05, 0) is 26.0 Å². The summed E-state index contributed by atoms with van der Waals surface area (Å²) in [6.45, 7) is 2.57. The van der Waals surface area contributed by atoms with Crippen molar-refractivity contribution in [3.05, 3.63) is 29.8 Å². The van der Waals surface area contributed by atoms with E-state index in [1.165, 1.54) is 38.1 Å². The number of primary sulfonamides is 1. The predicted molar refractivity (Wildman–Crippen MR) is 58.4 cm³/mol. The first-order valence-corrected chi connectivity index (χ1v) is 6.07. The zero-order valence-corrected chi connectivity index (χ0v) is 9.78. The molecule has 88 valence electrons. The summed E-state index contributed by atoms with van der Waals surface area (Å²) in [6.07, 6.45) is 0. The minimum Gasteiger partial charge on any atom is -0.382 e. The van der Waals surface area contributed by atoms with Crippen LogP contribution in [0.4, 0.5) is 0 Å². The van der Waals surface area contributed by atoms with Crippen molar-refractivity contribution in [3.63, 3.8) is 0 Å². The van der Waals surface area contributed by atoms with Gasteiger partial charge in [-0.15, -0.1) is 0 Å². The monoisotopic (exact) mass is 243 g/mol. The van der Waals surface area contributed by atoms with Gasteiger partial charge in [0.1, 0.15) is 5.60 Å². The molecule has 3 N–H and O–H groups in total. The van der Waals surface area contributed by atoms with E-state index in [0.29, 0.717) is 0 Å². The van der Waals surface area contributed by atoms with E-state index in [9.17, 15) is 18.3 Å². The number of sulfonamides is 1. The maximum atomic E-state index is 11.8. The molecule has 0 aromatic heterocycles. The Hall–Kier alpha value is -1.24. The average molecular weight is 243 g/mol. The van der Waals surface area contributed by atoms with Crippen molar-refractivity contribution in [1.82, 2.24) is 0 Å². The second-order valence-corrected chi connectivity index (χ2v) is 5.46. The molecule has 1 aromatic carbocycles. The molecule has 6 heteroatoms. The number of carbonyl (C=O) groups excluding carboxylic acids is 1. The van der Waals surface area contributed by atoms with Gasteiger partial charge in [-0.3, -0.25) is 4.79 Å². The van der Waals surface area contributed by atoms with Gasteiger partial charge in [0.25, 0.3) is 0 Å². The highest BCUT2D eigenvalue weighted by Crippen LogP contribution is 2.19. The van der Waals surface area contributed by atoms with E-state index in [4.69, 9.17) is 5.14 Å². The van der Waals surface area contributed by atoms with Crippen molar-refractivity contribution >= 4 is 15.8 Å². The maximum absolute atomic E-state index is 11.8. The molecule has 0 aliphatic heterocycles. The van der Waals surface area contributed by atoms with Crippen molar-refractivity contribution in [2.45, 2.75) is 24.3 Å².